The van der Waals surface area contributed by atoms with Crippen molar-refractivity contribution in [2.24, 2.45) is 11.8 Å². The van der Waals surface area contributed by atoms with Crippen LogP contribution in [-0.4, -0.2) is 50.3 Å². The molecule has 1 aliphatic carbocycles. The van der Waals surface area contributed by atoms with Crippen molar-refractivity contribution in [3.8, 4) is 0 Å². The van der Waals surface area contributed by atoms with Gasteiger partial charge in [0.1, 0.15) is 0 Å². The SMILES string of the molecule is CC(C)CNCC(OCCN(C)C1CC1)C(C)C. The molecule has 1 atom stereocenters. The maximum absolute atomic E-state index is 6.03. The second-order valence-electron chi connectivity index (χ2n) is 6.42. The van der Waals surface area contributed by atoms with Crippen LogP contribution in [0.3, 0.4) is 0 Å². The van der Waals surface area contributed by atoms with Crippen molar-refractivity contribution in [2.75, 3.05) is 33.3 Å². The fourth-order valence-electron chi connectivity index (χ4n) is 2.05. The molecule has 3 nitrogen and oxygen atoms in total. The van der Waals surface area contributed by atoms with Crippen molar-refractivity contribution in [2.45, 2.75) is 52.7 Å². The van der Waals surface area contributed by atoms with Crippen LogP contribution in [0, 0.1) is 11.8 Å². The van der Waals surface area contributed by atoms with Crippen molar-refractivity contribution in [3.63, 3.8) is 0 Å². The first kappa shape index (κ1) is 15.9. The van der Waals surface area contributed by atoms with Crippen LogP contribution in [-0.2, 0) is 4.74 Å². The van der Waals surface area contributed by atoms with Gasteiger partial charge in [-0.2, -0.15) is 0 Å². The van der Waals surface area contributed by atoms with Crippen LogP contribution in [0.25, 0.3) is 0 Å². The van der Waals surface area contributed by atoms with Crippen molar-refractivity contribution in [3.05, 3.63) is 0 Å². The van der Waals surface area contributed by atoms with Gasteiger partial charge in [0.05, 0.1) is 12.7 Å². The average Bonchev–Trinajstić information content (AvgIpc) is 3.09. The van der Waals surface area contributed by atoms with Gasteiger partial charge < -0.3 is 15.0 Å². The molecular weight excluding hydrogens is 224 g/mol. The molecule has 0 heterocycles. The lowest BCUT2D eigenvalue weighted by Crippen LogP contribution is -2.36. The summed E-state index contributed by atoms with van der Waals surface area (Å²) < 4.78 is 6.03. The second kappa shape index (κ2) is 8.13. The van der Waals surface area contributed by atoms with Gasteiger partial charge in [-0.05, 0) is 38.3 Å². The van der Waals surface area contributed by atoms with Gasteiger partial charge in [0.25, 0.3) is 0 Å². The van der Waals surface area contributed by atoms with Gasteiger partial charge in [-0.3, -0.25) is 0 Å². The number of nitrogens with one attached hydrogen (secondary N) is 1. The van der Waals surface area contributed by atoms with E-state index in [9.17, 15) is 0 Å². The quantitative estimate of drug-likeness (QED) is 0.649. The van der Waals surface area contributed by atoms with Crippen molar-refractivity contribution < 1.29 is 4.74 Å². The standard InChI is InChI=1S/C15H32N2O/c1-12(2)10-16-11-15(13(3)4)18-9-8-17(5)14-6-7-14/h12-16H,6-11H2,1-5H3. The molecule has 1 aliphatic rings. The van der Waals surface area contributed by atoms with Crippen LogP contribution in [0.15, 0.2) is 0 Å². The summed E-state index contributed by atoms with van der Waals surface area (Å²) in [7, 11) is 2.21. The van der Waals surface area contributed by atoms with Crippen LogP contribution in [0.1, 0.15) is 40.5 Å². The molecule has 0 aromatic heterocycles. The molecule has 1 rings (SSSR count). The number of hydrogen-bond acceptors (Lipinski definition) is 3. The third-order valence-electron chi connectivity index (χ3n) is 3.59. The molecule has 0 bridgehead atoms. The Bertz CT molecular complexity index is 215. The number of hydrogen-bond donors (Lipinski definition) is 1. The monoisotopic (exact) mass is 256 g/mol. The van der Waals surface area contributed by atoms with E-state index in [4.69, 9.17) is 4.74 Å². The first-order valence-corrected chi connectivity index (χ1v) is 7.53. The summed E-state index contributed by atoms with van der Waals surface area (Å²) in [6.45, 7) is 12.9. The van der Waals surface area contributed by atoms with Gasteiger partial charge >= 0.3 is 0 Å². The molecule has 0 saturated heterocycles. The third kappa shape index (κ3) is 6.72. The maximum Gasteiger partial charge on any atom is 0.0722 e. The van der Waals surface area contributed by atoms with Crippen molar-refractivity contribution in [1.82, 2.24) is 10.2 Å². The molecule has 0 aromatic rings. The Morgan fingerprint density at radius 1 is 1.17 bits per heavy atom. The summed E-state index contributed by atoms with van der Waals surface area (Å²) in [6.07, 6.45) is 3.09. The summed E-state index contributed by atoms with van der Waals surface area (Å²) in [5.74, 6) is 1.29. The van der Waals surface area contributed by atoms with E-state index in [1.54, 1.807) is 0 Å². The van der Waals surface area contributed by atoms with E-state index in [1.165, 1.54) is 12.8 Å². The zero-order valence-corrected chi connectivity index (χ0v) is 12.9. The van der Waals surface area contributed by atoms with Crippen LogP contribution < -0.4 is 5.32 Å². The Hall–Kier alpha value is -0.120. The van der Waals surface area contributed by atoms with Crippen molar-refractivity contribution in [1.29, 1.82) is 0 Å². The number of likely N-dealkylation sites (N-methyl/N-ethyl adjacent to an activating group) is 1. The Balaban J connectivity index is 2.12. The van der Waals surface area contributed by atoms with E-state index >= 15 is 0 Å². The Morgan fingerprint density at radius 3 is 2.33 bits per heavy atom. The average molecular weight is 256 g/mol. The highest BCUT2D eigenvalue weighted by Gasteiger charge is 2.25. The number of rotatable bonds is 10. The van der Waals surface area contributed by atoms with Gasteiger partial charge in [0, 0.05) is 19.1 Å². The van der Waals surface area contributed by atoms with Gasteiger partial charge in [-0.15, -0.1) is 0 Å². The summed E-state index contributed by atoms with van der Waals surface area (Å²) >= 11 is 0. The summed E-state index contributed by atoms with van der Waals surface area (Å²) in [5, 5.41) is 3.50. The smallest absolute Gasteiger partial charge is 0.0722 e. The first-order chi connectivity index (χ1) is 8.50. The maximum atomic E-state index is 6.03. The van der Waals surface area contributed by atoms with Crippen LogP contribution >= 0.6 is 0 Å². The van der Waals surface area contributed by atoms with E-state index < -0.39 is 0 Å². The lowest BCUT2D eigenvalue weighted by Gasteiger charge is -2.24. The van der Waals surface area contributed by atoms with E-state index in [-0.39, 0.29) is 0 Å². The molecule has 0 radical (unpaired) electrons. The van der Waals surface area contributed by atoms with Gasteiger partial charge in [0.2, 0.25) is 0 Å². The highest BCUT2D eigenvalue weighted by Crippen LogP contribution is 2.24. The van der Waals surface area contributed by atoms with Crippen LogP contribution in [0.4, 0.5) is 0 Å². The van der Waals surface area contributed by atoms with Crippen molar-refractivity contribution >= 4 is 0 Å². The molecule has 0 amide bonds. The molecule has 108 valence electrons. The van der Waals surface area contributed by atoms with Crippen LogP contribution in [0.5, 0.6) is 0 Å². The van der Waals surface area contributed by atoms with Gasteiger partial charge in [0.15, 0.2) is 0 Å². The molecule has 1 N–H and O–H groups in total. The third-order valence-corrected chi connectivity index (χ3v) is 3.59. The van der Waals surface area contributed by atoms with E-state index in [2.05, 4.69) is 45.0 Å². The molecule has 18 heavy (non-hydrogen) atoms. The predicted octanol–water partition coefficient (Wildman–Crippen LogP) is 2.37. The summed E-state index contributed by atoms with van der Waals surface area (Å²) in [6, 6.07) is 0.838. The topological polar surface area (TPSA) is 24.5 Å². The lowest BCUT2D eigenvalue weighted by molar-refractivity contribution is 0.0128. The predicted molar refractivity (Wildman–Crippen MR) is 77.9 cm³/mol. The normalized spacial score (nSPS) is 18.0. The highest BCUT2D eigenvalue weighted by molar-refractivity contribution is 4.82. The zero-order valence-electron chi connectivity index (χ0n) is 12.9. The van der Waals surface area contributed by atoms with E-state index in [0.29, 0.717) is 17.9 Å². The molecule has 1 saturated carbocycles. The molecule has 0 aliphatic heterocycles. The fourth-order valence-corrected chi connectivity index (χ4v) is 2.05. The molecule has 0 spiro atoms. The van der Waals surface area contributed by atoms with Gasteiger partial charge in [-0.25, -0.2) is 0 Å². The van der Waals surface area contributed by atoms with Crippen LogP contribution in [0.2, 0.25) is 0 Å². The molecular formula is C15H32N2O. The first-order valence-electron chi connectivity index (χ1n) is 7.53. The molecule has 0 aromatic carbocycles. The zero-order chi connectivity index (χ0) is 13.5. The number of nitrogens with zero attached hydrogens (tertiary/aromatic N) is 1. The lowest BCUT2D eigenvalue weighted by atomic mass is 10.1. The second-order valence-corrected chi connectivity index (χ2v) is 6.42. The van der Waals surface area contributed by atoms with E-state index in [0.717, 1.165) is 32.3 Å². The Morgan fingerprint density at radius 2 is 1.83 bits per heavy atom. The summed E-state index contributed by atoms with van der Waals surface area (Å²) in [5.41, 5.74) is 0. The molecule has 3 heteroatoms. The summed E-state index contributed by atoms with van der Waals surface area (Å²) in [4.78, 5) is 2.43. The van der Waals surface area contributed by atoms with E-state index in [1.807, 2.05) is 0 Å². The minimum Gasteiger partial charge on any atom is -0.375 e. The van der Waals surface area contributed by atoms with Gasteiger partial charge in [-0.1, -0.05) is 27.7 Å². The Labute approximate surface area is 113 Å². The Kier molecular flexibility index (Phi) is 7.20. The molecule has 1 fully saturated rings. The minimum atomic E-state index is 0.344. The fraction of sp³-hybridized carbons (Fsp3) is 1.00. The molecule has 1 unspecified atom stereocenters. The minimum absolute atomic E-state index is 0.344. The highest BCUT2D eigenvalue weighted by atomic mass is 16.5. The number of ether oxygens (including phenoxy) is 1. The largest absolute Gasteiger partial charge is 0.375 e.